The van der Waals surface area contributed by atoms with Gasteiger partial charge in [0.15, 0.2) is 0 Å². The molecule has 3 aromatic carbocycles. The van der Waals surface area contributed by atoms with Gasteiger partial charge in [-0.25, -0.2) is 0 Å². The molecule has 0 heterocycles. The first kappa shape index (κ1) is 16.7. The van der Waals surface area contributed by atoms with Crippen molar-refractivity contribution in [1.82, 2.24) is 0 Å². The van der Waals surface area contributed by atoms with Gasteiger partial charge in [-0.1, -0.05) is 66.2 Å². The number of benzene rings is 3. The normalized spacial score (nSPS) is 15.8. The summed E-state index contributed by atoms with van der Waals surface area (Å²) in [4.78, 5) is 12.2. The molecule has 0 amide bonds. The van der Waals surface area contributed by atoms with Crippen molar-refractivity contribution in [2.75, 3.05) is 0 Å². The van der Waals surface area contributed by atoms with Gasteiger partial charge in [-0.15, -0.1) is 0 Å². The van der Waals surface area contributed by atoms with Gasteiger partial charge in [-0.2, -0.15) is 12.8 Å². The Balaban J connectivity index is 1.87. The Hall–Kier alpha value is -2.76. The van der Waals surface area contributed by atoms with Gasteiger partial charge in [0.1, 0.15) is 0 Å². The van der Waals surface area contributed by atoms with Crippen LogP contribution in [0.1, 0.15) is 15.9 Å². The smallest absolute Gasteiger partial charge is 0.282 e. The lowest BCUT2D eigenvalue weighted by Gasteiger charge is -2.14. The largest absolute Gasteiger partial charge is 0.288 e. The van der Waals surface area contributed by atoms with E-state index in [0.717, 1.165) is 10.8 Å². The molecule has 0 aromatic heterocycles. The van der Waals surface area contributed by atoms with Crippen LogP contribution in [0, 0.1) is 0 Å². The van der Waals surface area contributed by atoms with E-state index in [2.05, 4.69) is 4.40 Å². The Morgan fingerprint density at radius 3 is 2.23 bits per heavy atom. The van der Waals surface area contributed by atoms with Crippen molar-refractivity contribution in [3.63, 3.8) is 0 Å². The van der Waals surface area contributed by atoms with Crippen molar-refractivity contribution in [2.24, 2.45) is 4.40 Å². The molecule has 0 fully saturated rings. The van der Waals surface area contributed by atoms with Crippen LogP contribution >= 0.6 is 11.6 Å². The highest BCUT2D eigenvalue weighted by Crippen LogP contribution is 2.26. The molecule has 0 bridgehead atoms. The number of rotatable bonds is 2. The highest BCUT2D eigenvalue weighted by atomic mass is 35.5. The van der Waals surface area contributed by atoms with Crippen molar-refractivity contribution >= 4 is 43.9 Å². The quantitative estimate of drug-likeness (QED) is 0.663. The Morgan fingerprint density at radius 2 is 1.46 bits per heavy atom. The molecule has 0 aliphatic heterocycles. The van der Waals surface area contributed by atoms with E-state index in [-0.39, 0.29) is 21.4 Å². The molecule has 0 spiro atoms. The van der Waals surface area contributed by atoms with E-state index in [1.165, 1.54) is 12.1 Å². The lowest BCUT2D eigenvalue weighted by atomic mass is 9.94. The zero-order chi connectivity index (χ0) is 18.3. The summed E-state index contributed by atoms with van der Waals surface area (Å²) in [7, 11) is -3.96. The van der Waals surface area contributed by atoms with Gasteiger partial charge >= 0.3 is 0 Å². The minimum Gasteiger partial charge on any atom is -0.288 e. The summed E-state index contributed by atoms with van der Waals surface area (Å²) in [6, 6.07) is 19.0. The monoisotopic (exact) mass is 381 g/mol. The molecular formula is C20H12ClNO3S. The molecule has 1 aliphatic carbocycles. The Kier molecular flexibility index (Phi) is 3.98. The van der Waals surface area contributed by atoms with Crippen LogP contribution in [0.3, 0.4) is 0 Å². The van der Waals surface area contributed by atoms with Crippen molar-refractivity contribution in [1.29, 1.82) is 0 Å². The summed E-state index contributed by atoms with van der Waals surface area (Å²) in [6.07, 6.45) is 1.30. The number of fused-ring (bicyclic) bond motifs is 2. The van der Waals surface area contributed by atoms with Crippen molar-refractivity contribution < 1.29 is 13.2 Å². The fraction of sp³-hybridized carbons (Fsp3) is 0. The number of hydrogen-bond acceptors (Lipinski definition) is 3. The second-order valence-corrected chi connectivity index (χ2v) is 7.84. The molecule has 0 saturated carbocycles. The Bertz CT molecular complexity index is 1230. The van der Waals surface area contributed by atoms with Gasteiger partial charge in [-0.3, -0.25) is 4.79 Å². The Morgan fingerprint density at radius 1 is 0.808 bits per heavy atom. The van der Waals surface area contributed by atoms with Crippen LogP contribution in [0.15, 0.2) is 87.1 Å². The van der Waals surface area contributed by atoms with Crippen LogP contribution < -0.4 is 0 Å². The molecule has 0 N–H and O–H groups in total. The molecule has 0 unspecified atom stereocenters. The van der Waals surface area contributed by atoms with Crippen LogP contribution in [-0.4, -0.2) is 19.9 Å². The molecule has 128 valence electrons. The Labute approximate surface area is 155 Å². The van der Waals surface area contributed by atoms with Gasteiger partial charge in [0, 0.05) is 11.1 Å². The molecule has 1 aliphatic rings. The first-order valence-corrected chi connectivity index (χ1v) is 9.62. The van der Waals surface area contributed by atoms with E-state index >= 15 is 0 Å². The summed E-state index contributed by atoms with van der Waals surface area (Å²) in [5.74, 6) is -0.343. The first-order valence-electron chi connectivity index (χ1n) is 7.81. The van der Waals surface area contributed by atoms with Gasteiger partial charge in [0.2, 0.25) is 5.78 Å². The highest BCUT2D eigenvalue weighted by molar-refractivity contribution is 7.90. The second kappa shape index (κ2) is 6.20. The van der Waals surface area contributed by atoms with Gasteiger partial charge in [-0.05, 0) is 29.0 Å². The van der Waals surface area contributed by atoms with Crippen LogP contribution in [0.25, 0.3) is 10.8 Å². The number of carbonyl (C=O) groups excluding carboxylic acids is 1. The van der Waals surface area contributed by atoms with E-state index < -0.39 is 10.0 Å². The number of nitrogens with zero attached hydrogens (tertiary/aromatic N) is 1. The summed E-state index contributed by atoms with van der Waals surface area (Å²) >= 11 is 5.98. The molecule has 4 nitrogen and oxygen atoms in total. The summed E-state index contributed by atoms with van der Waals surface area (Å²) in [5.41, 5.74) is 0.942. The summed E-state index contributed by atoms with van der Waals surface area (Å²) in [5, 5.41) is 1.69. The third-order valence-corrected chi connectivity index (χ3v) is 5.73. The summed E-state index contributed by atoms with van der Waals surface area (Å²) in [6.45, 7) is 0. The number of sulfonamides is 1. The standard InChI is InChI=1S/C20H12ClNO3S/c21-18-12-19(16-7-3-4-8-17(16)20(18)23)22-26(24,25)15-10-9-13-5-1-2-6-14(13)11-15/h1-12H. The molecule has 4 rings (SSSR count). The number of halogens is 1. The topological polar surface area (TPSA) is 63.6 Å². The van der Waals surface area contributed by atoms with Crippen LogP contribution in [0.2, 0.25) is 0 Å². The zero-order valence-corrected chi connectivity index (χ0v) is 15.0. The van der Waals surface area contributed by atoms with Gasteiger partial charge < -0.3 is 0 Å². The lowest BCUT2D eigenvalue weighted by Crippen LogP contribution is -2.16. The van der Waals surface area contributed by atoms with Crippen LogP contribution in [-0.2, 0) is 10.0 Å². The molecule has 0 saturated heterocycles. The van der Waals surface area contributed by atoms with E-state index in [1.54, 1.807) is 36.4 Å². The molecule has 26 heavy (non-hydrogen) atoms. The number of carbonyl (C=O) groups is 1. The van der Waals surface area contributed by atoms with Crippen LogP contribution in [0.4, 0.5) is 0 Å². The fourth-order valence-electron chi connectivity index (χ4n) is 2.88. The predicted octanol–water partition coefficient (Wildman–Crippen LogP) is 4.34. The average Bonchev–Trinajstić information content (AvgIpc) is 2.65. The molecule has 0 atom stereocenters. The number of ketones is 1. The molecule has 3 aromatic rings. The number of hydrogen-bond donors (Lipinski definition) is 0. The minimum atomic E-state index is -3.96. The minimum absolute atomic E-state index is 0.0591. The third kappa shape index (κ3) is 2.85. The molecular weight excluding hydrogens is 370 g/mol. The van der Waals surface area contributed by atoms with E-state index in [0.29, 0.717) is 11.1 Å². The second-order valence-electron chi connectivity index (χ2n) is 5.83. The fourth-order valence-corrected chi connectivity index (χ4v) is 4.12. The van der Waals surface area contributed by atoms with Crippen molar-refractivity contribution in [2.45, 2.75) is 4.90 Å². The van der Waals surface area contributed by atoms with Gasteiger partial charge in [0.25, 0.3) is 10.0 Å². The highest BCUT2D eigenvalue weighted by Gasteiger charge is 2.25. The molecule has 0 radical (unpaired) electrons. The molecule has 6 heteroatoms. The predicted molar refractivity (Wildman–Crippen MR) is 102 cm³/mol. The van der Waals surface area contributed by atoms with Crippen LogP contribution in [0.5, 0.6) is 0 Å². The number of allylic oxidation sites excluding steroid dienone is 2. The first-order chi connectivity index (χ1) is 12.5. The number of Topliss-reactive ketones (excluding diaryl/α,β-unsaturated/α-hetero) is 1. The maximum atomic E-state index is 12.8. The SMILES string of the molecule is O=C1C(Cl)=CC(=NS(=O)(=O)c2ccc3ccccc3c2)c2ccccc21. The van der Waals surface area contributed by atoms with Crippen molar-refractivity contribution in [3.8, 4) is 0 Å². The van der Waals surface area contributed by atoms with E-state index in [4.69, 9.17) is 11.6 Å². The lowest BCUT2D eigenvalue weighted by molar-refractivity contribution is 0.104. The van der Waals surface area contributed by atoms with Gasteiger partial charge in [0.05, 0.1) is 15.6 Å². The zero-order valence-electron chi connectivity index (χ0n) is 13.4. The van der Waals surface area contributed by atoms with E-state index in [1.807, 2.05) is 24.3 Å². The third-order valence-electron chi connectivity index (χ3n) is 4.17. The average molecular weight is 382 g/mol. The van der Waals surface area contributed by atoms with Crippen molar-refractivity contribution in [3.05, 3.63) is 89.0 Å². The van der Waals surface area contributed by atoms with E-state index in [9.17, 15) is 13.2 Å². The maximum absolute atomic E-state index is 12.8. The maximum Gasteiger partial charge on any atom is 0.282 e. The summed E-state index contributed by atoms with van der Waals surface area (Å²) < 4.78 is 29.5.